The van der Waals surface area contributed by atoms with Gasteiger partial charge in [0.05, 0.1) is 12.0 Å². The molecule has 3 rings (SSSR count). The Bertz CT molecular complexity index is 781. The number of fused-ring (bicyclic) bond motifs is 3. The van der Waals surface area contributed by atoms with E-state index in [1.165, 1.54) is 21.6 Å². The maximum absolute atomic E-state index is 13.2. The minimum atomic E-state index is 0.177. The lowest BCUT2D eigenvalue weighted by Crippen LogP contribution is -2.36. The third-order valence-corrected chi connectivity index (χ3v) is 5.90. The highest BCUT2D eigenvalue weighted by Gasteiger charge is 2.25. The fraction of sp³-hybridized carbons (Fsp3) is 0.500. The molecule has 1 aromatic heterocycles. The van der Waals surface area contributed by atoms with Crippen LogP contribution >= 0.6 is 11.3 Å². The molecule has 0 spiro atoms. The summed E-state index contributed by atoms with van der Waals surface area (Å²) in [6.45, 7) is 10.3. The highest BCUT2D eigenvalue weighted by atomic mass is 32.1. The zero-order chi connectivity index (χ0) is 18.8. The predicted molar refractivity (Wildman–Crippen MR) is 109 cm³/mol. The summed E-state index contributed by atoms with van der Waals surface area (Å²) in [5.41, 5.74) is 3.88. The van der Waals surface area contributed by atoms with Gasteiger partial charge >= 0.3 is 0 Å². The number of nitrogens with zero attached hydrogens (tertiary/aromatic N) is 1. The van der Waals surface area contributed by atoms with Crippen molar-refractivity contribution in [2.45, 2.75) is 40.5 Å². The lowest BCUT2D eigenvalue weighted by Gasteiger charge is -2.25. The van der Waals surface area contributed by atoms with Gasteiger partial charge in [0, 0.05) is 18.0 Å². The molecule has 0 saturated carbocycles. The number of thiophene rings is 1. The first-order valence-electron chi connectivity index (χ1n) is 9.48. The van der Waals surface area contributed by atoms with Crippen LogP contribution in [0.2, 0.25) is 0 Å². The topological polar surface area (TPSA) is 29.5 Å². The fourth-order valence-corrected chi connectivity index (χ4v) is 4.84. The molecule has 0 aliphatic heterocycles. The highest BCUT2D eigenvalue weighted by Crippen LogP contribution is 2.41. The normalized spacial score (nSPS) is 12.9. The second-order valence-corrected chi connectivity index (χ2v) is 9.04. The van der Waals surface area contributed by atoms with E-state index < -0.39 is 0 Å². The van der Waals surface area contributed by atoms with Crippen molar-refractivity contribution in [3.63, 3.8) is 0 Å². The van der Waals surface area contributed by atoms with Crippen molar-refractivity contribution in [2.24, 2.45) is 11.8 Å². The van der Waals surface area contributed by atoms with Crippen LogP contribution in [0.5, 0.6) is 5.75 Å². The van der Waals surface area contributed by atoms with Crippen molar-refractivity contribution in [1.29, 1.82) is 0 Å². The van der Waals surface area contributed by atoms with Gasteiger partial charge in [-0.05, 0) is 59.6 Å². The van der Waals surface area contributed by atoms with Crippen molar-refractivity contribution >= 4 is 17.2 Å². The van der Waals surface area contributed by atoms with E-state index >= 15 is 0 Å². The Morgan fingerprint density at radius 3 is 2.35 bits per heavy atom. The average Bonchev–Trinajstić information content (AvgIpc) is 3.03. The van der Waals surface area contributed by atoms with Crippen LogP contribution in [0.15, 0.2) is 24.3 Å². The van der Waals surface area contributed by atoms with E-state index in [0.29, 0.717) is 11.8 Å². The number of ether oxygens (including phenoxy) is 1. The molecule has 0 radical (unpaired) electrons. The van der Waals surface area contributed by atoms with Gasteiger partial charge in [-0.2, -0.15) is 0 Å². The van der Waals surface area contributed by atoms with Gasteiger partial charge in [-0.1, -0.05) is 33.8 Å². The number of aryl methyl sites for hydroxylation is 2. The summed E-state index contributed by atoms with van der Waals surface area (Å²) >= 11 is 1.64. The number of carbonyl (C=O) groups is 1. The number of methoxy groups -OCH3 is 1. The molecule has 0 bridgehead atoms. The summed E-state index contributed by atoms with van der Waals surface area (Å²) in [6, 6.07) is 8.41. The van der Waals surface area contributed by atoms with Crippen LogP contribution in [0, 0.1) is 11.8 Å². The highest BCUT2D eigenvalue weighted by molar-refractivity contribution is 7.17. The van der Waals surface area contributed by atoms with E-state index in [1.807, 2.05) is 11.0 Å². The van der Waals surface area contributed by atoms with Crippen LogP contribution in [0.4, 0.5) is 0 Å². The Morgan fingerprint density at radius 2 is 1.73 bits per heavy atom. The lowest BCUT2D eigenvalue weighted by atomic mass is 9.91. The fourth-order valence-electron chi connectivity index (χ4n) is 3.61. The van der Waals surface area contributed by atoms with E-state index in [0.717, 1.165) is 36.6 Å². The van der Waals surface area contributed by atoms with E-state index in [1.54, 1.807) is 18.4 Å². The Balaban J connectivity index is 1.93. The van der Waals surface area contributed by atoms with Gasteiger partial charge in [-0.25, -0.2) is 0 Å². The number of amides is 1. The van der Waals surface area contributed by atoms with E-state index in [4.69, 9.17) is 4.74 Å². The summed E-state index contributed by atoms with van der Waals surface area (Å²) in [7, 11) is 1.70. The molecule has 1 aromatic carbocycles. The maximum atomic E-state index is 13.2. The van der Waals surface area contributed by atoms with Gasteiger partial charge in [-0.15, -0.1) is 11.3 Å². The molecule has 0 atom stereocenters. The molecule has 1 aliphatic rings. The van der Waals surface area contributed by atoms with Crippen LogP contribution in [0.3, 0.4) is 0 Å². The first-order chi connectivity index (χ1) is 12.4. The second kappa shape index (κ2) is 7.83. The van der Waals surface area contributed by atoms with Crippen LogP contribution in [0.1, 0.15) is 48.5 Å². The molecule has 0 saturated heterocycles. The third-order valence-electron chi connectivity index (χ3n) is 4.70. The molecule has 2 aromatic rings. The van der Waals surface area contributed by atoms with Crippen molar-refractivity contribution < 1.29 is 9.53 Å². The van der Waals surface area contributed by atoms with Crippen LogP contribution < -0.4 is 4.74 Å². The number of hydrogen-bond donors (Lipinski definition) is 0. The Kier molecular flexibility index (Phi) is 5.71. The number of carbonyl (C=O) groups excluding carboxylic acids is 1. The summed E-state index contributed by atoms with van der Waals surface area (Å²) < 4.78 is 5.40. The molecular weight excluding hydrogens is 342 g/mol. The number of rotatable bonds is 6. The van der Waals surface area contributed by atoms with Crippen LogP contribution in [-0.4, -0.2) is 31.0 Å². The Morgan fingerprint density at radius 1 is 1.08 bits per heavy atom. The first kappa shape index (κ1) is 19.0. The van der Waals surface area contributed by atoms with Crippen LogP contribution in [-0.2, 0) is 12.8 Å². The SMILES string of the molecule is COc1ccc2c(c1)-c1sc(C(=O)N(CC(C)C)CC(C)C)cc1CC2. The van der Waals surface area contributed by atoms with Gasteiger partial charge in [0.25, 0.3) is 5.91 Å². The first-order valence-corrected chi connectivity index (χ1v) is 10.3. The predicted octanol–water partition coefficient (Wildman–Crippen LogP) is 5.28. The van der Waals surface area contributed by atoms with Crippen molar-refractivity contribution in [3.05, 3.63) is 40.3 Å². The molecule has 1 amide bonds. The van der Waals surface area contributed by atoms with E-state index in [-0.39, 0.29) is 5.91 Å². The van der Waals surface area contributed by atoms with Crippen molar-refractivity contribution in [3.8, 4) is 16.2 Å². The van der Waals surface area contributed by atoms with Gasteiger partial charge in [-0.3, -0.25) is 4.79 Å². The summed E-state index contributed by atoms with van der Waals surface area (Å²) in [4.78, 5) is 17.3. The molecular formula is C22H29NO2S. The van der Waals surface area contributed by atoms with Gasteiger partial charge in [0.15, 0.2) is 0 Å². The lowest BCUT2D eigenvalue weighted by molar-refractivity contribution is 0.0720. The summed E-state index contributed by atoms with van der Waals surface area (Å²) in [5, 5.41) is 0. The van der Waals surface area contributed by atoms with Crippen LogP contribution in [0.25, 0.3) is 10.4 Å². The molecule has 0 unspecified atom stereocenters. The van der Waals surface area contributed by atoms with Crippen molar-refractivity contribution in [2.75, 3.05) is 20.2 Å². The Hall–Kier alpha value is -1.81. The largest absolute Gasteiger partial charge is 0.497 e. The third kappa shape index (κ3) is 3.96. The van der Waals surface area contributed by atoms with Crippen molar-refractivity contribution in [1.82, 2.24) is 4.90 Å². The molecule has 1 aliphatic carbocycles. The monoisotopic (exact) mass is 371 g/mol. The smallest absolute Gasteiger partial charge is 0.263 e. The van der Waals surface area contributed by atoms with E-state index in [2.05, 4.69) is 45.9 Å². The molecule has 0 fully saturated rings. The number of benzene rings is 1. The standard InChI is InChI=1S/C22H29NO2S/c1-14(2)12-23(13-15(3)4)22(24)20-10-17-7-6-16-8-9-18(25-5)11-19(16)21(17)26-20/h8-11,14-15H,6-7,12-13H2,1-5H3. The minimum Gasteiger partial charge on any atom is -0.497 e. The zero-order valence-electron chi connectivity index (χ0n) is 16.5. The van der Waals surface area contributed by atoms with Gasteiger partial charge in [0.1, 0.15) is 5.75 Å². The maximum Gasteiger partial charge on any atom is 0.263 e. The van der Waals surface area contributed by atoms with E-state index in [9.17, 15) is 4.79 Å². The molecule has 140 valence electrons. The average molecular weight is 372 g/mol. The summed E-state index contributed by atoms with van der Waals surface area (Å²) in [5.74, 6) is 1.99. The van der Waals surface area contributed by atoms with Gasteiger partial charge < -0.3 is 9.64 Å². The number of hydrogen-bond acceptors (Lipinski definition) is 3. The Labute approximate surface area is 161 Å². The molecule has 1 heterocycles. The quantitative estimate of drug-likeness (QED) is 0.692. The zero-order valence-corrected chi connectivity index (χ0v) is 17.3. The molecule has 0 N–H and O–H groups in total. The van der Waals surface area contributed by atoms with Gasteiger partial charge in [0.2, 0.25) is 0 Å². The minimum absolute atomic E-state index is 0.177. The molecule has 26 heavy (non-hydrogen) atoms. The molecule has 3 nitrogen and oxygen atoms in total. The summed E-state index contributed by atoms with van der Waals surface area (Å²) in [6.07, 6.45) is 2.03. The molecule has 4 heteroatoms. The second-order valence-electron chi connectivity index (χ2n) is 7.99.